The van der Waals surface area contributed by atoms with Crippen molar-refractivity contribution in [1.29, 1.82) is 0 Å². The summed E-state index contributed by atoms with van der Waals surface area (Å²) < 4.78 is 39.3. The van der Waals surface area contributed by atoms with Crippen LogP contribution in [-0.4, -0.2) is 18.0 Å². The standard InChI is InChI=1S/C19H17F3N2Si/c1-25(2,3)17-13-9-8-11(19(20,21)22)10-15(13)24-18-16(17)12-6-4-5-7-14(12)23-18/h4-10H,1-3H3,(H,23,24). The minimum atomic E-state index is -4.37. The van der Waals surface area contributed by atoms with Crippen LogP contribution >= 0.6 is 0 Å². The van der Waals surface area contributed by atoms with Gasteiger partial charge in [-0.3, -0.25) is 0 Å². The number of alkyl halides is 3. The van der Waals surface area contributed by atoms with E-state index >= 15 is 0 Å². The number of H-pyrrole nitrogens is 1. The summed E-state index contributed by atoms with van der Waals surface area (Å²) in [4.78, 5) is 7.80. The van der Waals surface area contributed by atoms with Crippen LogP contribution in [0.25, 0.3) is 32.8 Å². The van der Waals surface area contributed by atoms with Crippen LogP contribution in [0.4, 0.5) is 13.2 Å². The van der Waals surface area contributed by atoms with Gasteiger partial charge in [-0.2, -0.15) is 13.2 Å². The molecule has 2 aromatic heterocycles. The number of pyridine rings is 1. The molecule has 0 saturated carbocycles. The van der Waals surface area contributed by atoms with E-state index in [4.69, 9.17) is 0 Å². The van der Waals surface area contributed by atoms with Crippen LogP contribution in [0.3, 0.4) is 0 Å². The highest BCUT2D eigenvalue weighted by Crippen LogP contribution is 2.33. The van der Waals surface area contributed by atoms with Gasteiger partial charge in [0.1, 0.15) is 5.65 Å². The molecule has 0 spiro atoms. The maximum atomic E-state index is 13.1. The number of nitrogens with one attached hydrogen (secondary N) is 1. The van der Waals surface area contributed by atoms with Crippen LogP contribution in [0.1, 0.15) is 5.56 Å². The maximum absolute atomic E-state index is 13.1. The second kappa shape index (κ2) is 5.08. The molecule has 0 fully saturated rings. The van der Waals surface area contributed by atoms with Gasteiger partial charge in [-0.1, -0.05) is 43.9 Å². The fourth-order valence-electron chi connectivity index (χ4n) is 3.51. The highest BCUT2D eigenvalue weighted by molar-refractivity contribution is 6.92. The summed E-state index contributed by atoms with van der Waals surface area (Å²) >= 11 is 0. The Kier molecular flexibility index (Phi) is 3.28. The highest BCUT2D eigenvalue weighted by Gasteiger charge is 2.32. The van der Waals surface area contributed by atoms with E-state index in [-0.39, 0.29) is 0 Å². The summed E-state index contributed by atoms with van der Waals surface area (Å²) in [5.41, 5.74) is 1.34. The number of benzene rings is 2. The van der Waals surface area contributed by atoms with Gasteiger partial charge in [-0.25, -0.2) is 4.98 Å². The molecule has 0 unspecified atom stereocenters. The quantitative estimate of drug-likeness (QED) is 0.451. The molecule has 0 aliphatic rings. The summed E-state index contributed by atoms with van der Waals surface area (Å²) in [5, 5.41) is 4.09. The molecule has 6 heteroatoms. The monoisotopic (exact) mass is 358 g/mol. The normalized spacial score (nSPS) is 13.2. The topological polar surface area (TPSA) is 28.7 Å². The Bertz CT molecular complexity index is 1120. The summed E-state index contributed by atoms with van der Waals surface area (Å²) in [7, 11) is -1.85. The largest absolute Gasteiger partial charge is 0.416 e. The molecule has 0 aliphatic heterocycles. The Morgan fingerprint density at radius 3 is 2.36 bits per heavy atom. The number of hydrogen-bond acceptors (Lipinski definition) is 1. The maximum Gasteiger partial charge on any atom is 0.416 e. The average molecular weight is 358 g/mol. The van der Waals surface area contributed by atoms with Gasteiger partial charge in [-0.05, 0) is 23.4 Å². The van der Waals surface area contributed by atoms with Crippen LogP contribution in [0.2, 0.25) is 19.6 Å². The summed E-state index contributed by atoms with van der Waals surface area (Å²) in [6.45, 7) is 6.63. The van der Waals surface area contributed by atoms with Gasteiger partial charge in [0, 0.05) is 21.7 Å². The van der Waals surface area contributed by atoms with E-state index in [1.807, 2.05) is 24.3 Å². The van der Waals surface area contributed by atoms with E-state index in [0.29, 0.717) is 11.2 Å². The van der Waals surface area contributed by atoms with Gasteiger partial charge in [-0.15, -0.1) is 0 Å². The third kappa shape index (κ3) is 2.52. The molecule has 0 bridgehead atoms. The first kappa shape index (κ1) is 16.1. The van der Waals surface area contributed by atoms with Crippen LogP contribution in [0.15, 0.2) is 42.5 Å². The molecule has 0 aliphatic carbocycles. The number of halogens is 3. The van der Waals surface area contributed by atoms with Crippen molar-refractivity contribution in [2.24, 2.45) is 0 Å². The fourth-order valence-corrected chi connectivity index (χ4v) is 5.53. The van der Waals surface area contributed by atoms with E-state index in [1.165, 1.54) is 0 Å². The van der Waals surface area contributed by atoms with Gasteiger partial charge in [0.05, 0.1) is 19.2 Å². The van der Waals surface area contributed by atoms with Crippen molar-refractivity contribution in [1.82, 2.24) is 9.97 Å². The SMILES string of the molecule is C[Si](C)(C)c1c2ccc(C(F)(F)F)cc2nc2[nH]c3ccccc3c12. The van der Waals surface area contributed by atoms with E-state index in [2.05, 4.69) is 29.6 Å². The second-order valence-electron chi connectivity index (χ2n) is 7.36. The second-order valence-corrected chi connectivity index (χ2v) is 12.4. The van der Waals surface area contributed by atoms with Crippen LogP contribution < -0.4 is 5.19 Å². The first-order valence-electron chi connectivity index (χ1n) is 8.08. The number of rotatable bonds is 1. The highest BCUT2D eigenvalue weighted by atomic mass is 28.3. The minimum Gasteiger partial charge on any atom is -0.339 e. The Hall–Kier alpha value is -2.34. The van der Waals surface area contributed by atoms with Gasteiger partial charge >= 0.3 is 6.18 Å². The number of aromatic nitrogens is 2. The third-order valence-corrected chi connectivity index (χ3v) is 6.53. The molecule has 128 valence electrons. The third-order valence-electron chi connectivity index (χ3n) is 4.51. The zero-order valence-corrected chi connectivity index (χ0v) is 15.1. The molecule has 4 rings (SSSR count). The molecule has 4 aromatic rings. The van der Waals surface area contributed by atoms with E-state index in [9.17, 15) is 13.2 Å². The zero-order chi connectivity index (χ0) is 18.0. The van der Waals surface area contributed by atoms with E-state index < -0.39 is 19.8 Å². The molecule has 0 amide bonds. The lowest BCUT2D eigenvalue weighted by Crippen LogP contribution is -2.39. The number of hydrogen-bond donors (Lipinski definition) is 1. The minimum absolute atomic E-state index is 0.395. The molecule has 0 saturated heterocycles. The molecule has 2 heterocycles. The molecule has 1 N–H and O–H groups in total. The first-order valence-corrected chi connectivity index (χ1v) is 11.6. The molecular weight excluding hydrogens is 341 g/mol. The predicted octanol–water partition coefficient (Wildman–Crippen LogP) is 5.43. The van der Waals surface area contributed by atoms with Crippen molar-refractivity contribution < 1.29 is 13.2 Å². The Morgan fingerprint density at radius 1 is 0.960 bits per heavy atom. The number of para-hydroxylation sites is 1. The Balaban J connectivity index is 2.21. The van der Waals surface area contributed by atoms with Crippen molar-refractivity contribution in [2.75, 3.05) is 0 Å². The van der Waals surface area contributed by atoms with Crippen molar-refractivity contribution in [2.45, 2.75) is 25.8 Å². The van der Waals surface area contributed by atoms with Gasteiger partial charge in [0.2, 0.25) is 0 Å². The van der Waals surface area contributed by atoms with Crippen LogP contribution in [0.5, 0.6) is 0 Å². The fraction of sp³-hybridized carbons (Fsp3) is 0.211. The lowest BCUT2D eigenvalue weighted by atomic mass is 10.1. The zero-order valence-electron chi connectivity index (χ0n) is 14.1. The van der Waals surface area contributed by atoms with Gasteiger partial charge in [0.25, 0.3) is 0 Å². The molecule has 25 heavy (non-hydrogen) atoms. The lowest BCUT2D eigenvalue weighted by Gasteiger charge is -2.21. The van der Waals surface area contributed by atoms with Crippen molar-refractivity contribution in [3.63, 3.8) is 0 Å². The Morgan fingerprint density at radius 2 is 1.68 bits per heavy atom. The number of aromatic amines is 1. The molecule has 0 radical (unpaired) electrons. The molecular formula is C19H17F3N2Si. The van der Waals surface area contributed by atoms with Gasteiger partial charge < -0.3 is 4.98 Å². The molecule has 2 nitrogen and oxygen atoms in total. The van der Waals surface area contributed by atoms with Crippen LogP contribution in [0, 0.1) is 0 Å². The molecule has 0 atom stereocenters. The lowest BCUT2D eigenvalue weighted by molar-refractivity contribution is -0.137. The van der Waals surface area contributed by atoms with E-state index in [1.54, 1.807) is 6.07 Å². The molecule has 2 aromatic carbocycles. The summed E-state index contributed by atoms with van der Waals surface area (Å²) in [6.07, 6.45) is -4.37. The van der Waals surface area contributed by atoms with Gasteiger partial charge in [0.15, 0.2) is 0 Å². The van der Waals surface area contributed by atoms with Crippen molar-refractivity contribution in [3.05, 3.63) is 48.0 Å². The number of nitrogens with zero attached hydrogens (tertiary/aromatic N) is 1. The van der Waals surface area contributed by atoms with E-state index in [0.717, 1.165) is 39.0 Å². The Labute approximate surface area is 143 Å². The van der Waals surface area contributed by atoms with Crippen molar-refractivity contribution in [3.8, 4) is 0 Å². The first-order chi connectivity index (χ1) is 11.7. The summed E-state index contributed by atoms with van der Waals surface area (Å²) in [6, 6.07) is 11.8. The summed E-state index contributed by atoms with van der Waals surface area (Å²) in [5.74, 6) is 0. The number of fused-ring (bicyclic) bond motifs is 4. The predicted molar refractivity (Wildman–Crippen MR) is 99.1 cm³/mol. The average Bonchev–Trinajstić information content (AvgIpc) is 2.87. The smallest absolute Gasteiger partial charge is 0.339 e. The van der Waals surface area contributed by atoms with Crippen LogP contribution in [-0.2, 0) is 6.18 Å². The van der Waals surface area contributed by atoms with Crippen molar-refractivity contribution >= 4 is 46.1 Å².